The molecule has 3 aromatic rings. The van der Waals surface area contributed by atoms with Crippen LogP contribution in [0.5, 0.6) is 0 Å². The van der Waals surface area contributed by atoms with E-state index in [1.165, 1.54) is 34.9 Å². The Morgan fingerprint density at radius 2 is 1.08 bits per heavy atom. The van der Waals surface area contributed by atoms with Crippen molar-refractivity contribution in [2.75, 3.05) is 35.4 Å². The fourth-order valence-electron chi connectivity index (χ4n) is 2.77. The Balaban J connectivity index is 1.39. The number of hydrogen-bond acceptors (Lipinski definition) is 11. The molecule has 0 saturated carbocycles. The number of ether oxygens (including phenoxy) is 2. The highest BCUT2D eigenvalue weighted by molar-refractivity contribution is 8.03. The standard InChI is InChI=1S/C24H24N4O6S3/c1-3-33-21(31)15-5-9-17(10-6-15)25-19(29)13-35-23-27-28-24(37-23)36-14-20(30)26-18-11-7-16(8-12-18)22(32)34-4-2/h5-12H,3-4,13-14H2,1-2H3,(H,25,29)(H,26,30). The first-order chi connectivity index (χ1) is 17.9. The minimum absolute atomic E-state index is 0.126. The molecule has 37 heavy (non-hydrogen) atoms. The number of benzene rings is 2. The van der Waals surface area contributed by atoms with Gasteiger partial charge < -0.3 is 20.1 Å². The maximum atomic E-state index is 12.2. The predicted octanol–water partition coefficient (Wildman–Crippen LogP) is 4.35. The van der Waals surface area contributed by atoms with Crippen LogP contribution in [-0.2, 0) is 19.1 Å². The van der Waals surface area contributed by atoms with E-state index in [4.69, 9.17) is 9.47 Å². The Hall–Kier alpha value is -3.42. The van der Waals surface area contributed by atoms with Crippen LogP contribution in [0.2, 0.25) is 0 Å². The molecule has 2 amide bonds. The number of carbonyl (C=O) groups excluding carboxylic acids is 4. The lowest BCUT2D eigenvalue weighted by Gasteiger charge is -2.06. The molecule has 0 aliphatic carbocycles. The summed E-state index contributed by atoms with van der Waals surface area (Å²) in [4.78, 5) is 47.9. The number of aromatic nitrogens is 2. The number of anilines is 2. The fraction of sp³-hybridized carbons (Fsp3) is 0.250. The molecule has 1 aromatic heterocycles. The Bertz CT molecular complexity index is 1140. The first-order valence-electron chi connectivity index (χ1n) is 11.1. The largest absolute Gasteiger partial charge is 0.462 e. The van der Waals surface area contributed by atoms with E-state index in [9.17, 15) is 19.2 Å². The summed E-state index contributed by atoms with van der Waals surface area (Å²) in [5.74, 6) is -1.04. The lowest BCUT2D eigenvalue weighted by Crippen LogP contribution is -2.14. The van der Waals surface area contributed by atoms with E-state index in [1.807, 2.05) is 0 Å². The van der Waals surface area contributed by atoms with Crippen LogP contribution in [0.15, 0.2) is 57.2 Å². The van der Waals surface area contributed by atoms with Crippen LogP contribution in [0.1, 0.15) is 34.6 Å². The van der Waals surface area contributed by atoms with Gasteiger partial charge in [-0.15, -0.1) is 10.2 Å². The van der Waals surface area contributed by atoms with Crippen molar-refractivity contribution in [2.24, 2.45) is 0 Å². The molecule has 3 rings (SSSR count). The third kappa shape index (κ3) is 9.19. The van der Waals surface area contributed by atoms with Crippen LogP contribution in [0.4, 0.5) is 11.4 Å². The van der Waals surface area contributed by atoms with Gasteiger partial charge in [-0.2, -0.15) is 0 Å². The third-order valence-corrected chi connectivity index (χ3v) is 7.59. The van der Waals surface area contributed by atoms with Crippen molar-refractivity contribution >= 4 is 70.0 Å². The SMILES string of the molecule is CCOC(=O)c1ccc(NC(=O)CSc2nnc(SCC(=O)Nc3ccc(C(=O)OCC)cc3)s2)cc1. The number of hydrogen-bond donors (Lipinski definition) is 2. The number of amides is 2. The number of esters is 2. The number of carbonyl (C=O) groups is 4. The molecule has 0 aliphatic heterocycles. The molecule has 0 saturated heterocycles. The molecule has 0 fully saturated rings. The zero-order chi connectivity index (χ0) is 26.6. The van der Waals surface area contributed by atoms with Crippen molar-refractivity contribution in [1.29, 1.82) is 0 Å². The molecular formula is C24H24N4O6S3. The summed E-state index contributed by atoms with van der Waals surface area (Å²) in [6, 6.07) is 12.9. The summed E-state index contributed by atoms with van der Waals surface area (Å²) < 4.78 is 11.1. The van der Waals surface area contributed by atoms with Gasteiger partial charge in [-0.1, -0.05) is 34.9 Å². The molecular weight excluding hydrogens is 536 g/mol. The maximum absolute atomic E-state index is 12.2. The summed E-state index contributed by atoms with van der Waals surface area (Å²) in [5.41, 5.74) is 1.95. The highest BCUT2D eigenvalue weighted by Crippen LogP contribution is 2.29. The second-order valence-corrected chi connectivity index (χ2v) is 10.5. The van der Waals surface area contributed by atoms with E-state index in [-0.39, 0.29) is 23.3 Å². The molecule has 194 valence electrons. The normalized spacial score (nSPS) is 10.4. The predicted molar refractivity (Wildman–Crippen MR) is 143 cm³/mol. The van der Waals surface area contributed by atoms with E-state index < -0.39 is 11.9 Å². The quantitative estimate of drug-likeness (QED) is 0.243. The van der Waals surface area contributed by atoms with Gasteiger partial charge in [-0.3, -0.25) is 9.59 Å². The van der Waals surface area contributed by atoms with Crippen molar-refractivity contribution in [1.82, 2.24) is 10.2 Å². The van der Waals surface area contributed by atoms with Crippen molar-refractivity contribution in [3.8, 4) is 0 Å². The van der Waals surface area contributed by atoms with Gasteiger partial charge >= 0.3 is 11.9 Å². The summed E-state index contributed by atoms with van der Waals surface area (Å²) in [7, 11) is 0. The molecule has 0 unspecified atom stereocenters. The van der Waals surface area contributed by atoms with Gasteiger partial charge in [0.2, 0.25) is 11.8 Å². The Kier molecular flexibility index (Phi) is 10.9. The van der Waals surface area contributed by atoms with E-state index in [2.05, 4.69) is 20.8 Å². The third-order valence-electron chi connectivity index (χ3n) is 4.40. The molecule has 2 aromatic carbocycles. The second kappa shape index (κ2) is 14.4. The summed E-state index contributed by atoms with van der Waals surface area (Å²) in [6.45, 7) is 4.06. The Labute approximate surface area is 225 Å². The zero-order valence-electron chi connectivity index (χ0n) is 20.0. The van der Waals surface area contributed by atoms with Crippen LogP contribution in [0.25, 0.3) is 0 Å². The highest BCUT2D eigenvalue weighted by atomic mass is 32.2. The number of nitrogens with one attached hydrogen (secondary N) is 2. The van der Waals surface area contributed by atoms with Gasteiger partial charge in [0.05, 0.1) is 35.8 Å². The molecule has 2 N–H and O–H groups in total. The number of nitrogens with zero attached hydrogens (tertiary/aromatic N) is 2. The van der Waals surface area contributed by atoms with Crippen LogP contribution in [-0.4, -0.2) is 58.7 Å². The average molecular weight is 561 g/mol. The molecule has 0 aliphatic rings. The van der Waals surface area contributed by atoms with Crippen molar-refractivity contribution in [2.45, 2.75) is 22.5 Å². The molecule has 0 radical (unpaired) electrons. The smallest absolute Gasteiger partial charge is 0.338 e. The second-order valence-electron chi connectivity index (χ2n) is 7.10. The average Bonchev–Trinajstić information content (AvgIpc) is 3.35. The van der Waals surface area contributed by atoms with Crippen LogP contribution >= 0.6 is 34.9 Å². The summed E-state index contributed by atoms with van der Waals surface area (Å²) >= 11 is 3.76. The lowest BCUT2D eigenvalue weighted by atomic mass is 10.2. The molecule has 13 heteroatoms. The van der Waals surface area contributed by atoms with Gasteiger partial charge in [0, 0.05) is 11.4 Å². The Morgan fingerprint density at radius 1 is 0.703 bits per heavy atom. The van der Waals surface area contributed by atoms with Gasteiger partial charge in [0.15, 0.2) is 8.68 Å². The molecule has 0 spiro atoms. The highest BCUT2D eigenvalue weighted by Gasteiger charge is 2.12. The zero-order valence-corrected chi connectivity index (χ0v) is 22.5. The van der Waals surface area contributed by atoms with Crippen LogP contribution in [0, 0.1) is 0 Å². The van der Waals surface area contributed by atoms with Crippen LogP contribution < -0.4 is 10.6 Å². The minimum atomic E-state index is -0.414. The monoisotopic (exact) mass is 560 g/mol. The molecule has 0 atom stereocenters. The minimum Gasteiger partial charge on any atom is -0.462 e. The summed E-state index contributed by atoms with van der Waals surface area (Å²) in [5, 5.41) is 13.6. The van der Waals surface area contributed by atoms with Crippen LogP contribution in [0.3, 0.4) is 0 Å². The van der Waals surface area contributed by atoms with Gasteiger partial charge in [0.25, 0.3) is 0 Å². The first kappa shape index (κ1) is 28.2. The van der Waals surface area contributed by atoms with Gasteiger partial charge in [-0.05, 0) is 62.4 Å². The lowest BCUT2D eigenvalue weighted by molar-refractivity contribution is -0.114. The number of thioether (sulfide) groups is 2. The summed E-state index contributed by atoms with van der Waals surface area (Å²) in [6.07, 6.45) is 0. The number of rotatable bonds is 12. The van der Waals surface area contributed by atoms with Crippen molar-refractivity contribution < 1.29 is 28.7 Å². The van der Waals surface area contributed by atoms with Crippen molar-refractivity contribution in [3.63, 3.8) is 0 Å². The first-order valence-corrected chi connectivity index (χ1v) is 13.9. The van der Waals surface area contributed by atoms with E-state index in [0.29, 0.717) is 44.4 Å². The van der Waals surface area contributed by atoms with Crippen molar-refractivity contribution in [3.05, 3.63) is 59.7 Å². The Morgan fingerprint density at radius 3 is 1.43 bits per heavy atom. The molecule has 10 nitrogen and oxygen atoms in total. The molecule has 1 heterocycles. The van der Waals surface area contributed by atoms with Gasteiger partial charge in [0.1, 0.15) is 0 Å². The van der Waals surface area contributed by atoms with Gasteiger partial charge in [-0.25, -0.2) is 9.59 Å². The van der Waals surface area contributed by atoms with E-state index in [0.717, 1.165) is 0 Å². The fourth-order valence-corrected chi connectivity index (χ4v) is 5.39. The molecule has 0 bridgehead atoms. The van der Waals surface area contributed by atoms with E-state index >= 15 is 0 Å². The van der Waals surface area contributed by atoms with E-state index in [1.54, 1.807) is 62.4 Å². The topological polar surface area (TPSA) is 137 Å². The maximum Gasteiger partial charge on any atom is 0.338 e.